The molecule has 1 saturated heterocycles. The molecule has 0 radical (unpaired) electrons. The normalized spacial score (nSPS) is 15.1. The van der Waals surface area contributed by atoms with Crippen LogP contribution in [0.15, 0.2) is 35.7 Å². The number of hydrogen-bond donors (Lipinski definition) is 1. The molecule has 0 bridgehead atoms. The first-order valence-electron chi connectivity index (χ1n) is 7.85. The topological polar surface area (TPSA) is 32.3 Å². The lowest BCUT2D eigenvalue weighted by atomic mass is 10.1. The van der Waals surface area contributed by atoms with E-state index in [-0.39, 0.29) is 5.91 Å². The van der Waals surface area contributed by atoms with Gasteiger partial charge < -0.3 is 5.32 Å². The van der Waals surface area contributed by atoms with Crippen LogP contribution in [0.25, 0.3) is 0 Å². The first-order chi connectivity index (χ1) is 10.7. The van der Waals surface area contributed by atoms with Crippen molar-refractivity contribution < 1.29 is 4.79 Å². The Kier molecular flexibility index (Phi) is 4.90. The second-order valence-electron chi connectivity index (χ2n) is 5.92. The highest BCUT2D eigenvalue weighted by molar-refractivity contribution is 7.12. The van der Waals surface area contributed by atoms with Gasteiger partial charge in [-0.1, -0.05) is 24.3 Å². The van der Waals surface area contributed by atoms with E-state index < -0.39 is 0 Å². The summed E-state index contributed by atoms with van der Waals surface area (Å²) in [6.07, 6.45) is 2.65. The fourth-order valence-electron chi connectivity index (χ4n) is 2.83. The van der Waals surface area contributed by atoms with Crippen LogP contribution in [0.5, 0.6) is 0 Å². The highest BCUT2D eigenvalue weighted by Crippen LogP contribution is 2.16. The fourth-order valence-corrected chi connectivity index (χ4v) is 3.67. The third-order valence-corrected chi connectivity index (χ3v) is 5.16. The van der Waals surface area contributed by atoms with Gasteiger partial charge in [0, 0.05) is 13.1 Å². The Hall–Kier alpha value is -1.65. The Labute approximate surface area is 136 Å². The SMILES string of the molecule is Cc1ccsc1C(=O)NCc1ccc(CN2CCCC2)cc1. The van der Waals surface area contributed by atoms with Gasteiger partial charge in [0.15, 0.2) is 0 Å². The van der Waals surface area contributed by atoms with Crippen LogP contribution in [0.4, 0.5) is 0 Å². The van der Waals surface area contributed by atoms with E-state index in [1.165, 1.54) is 42.8 Å². The molecule has 3 nitrogen and oxygen atoms in total. The summed E-state index contributed by atoms with van der Waals surface area (Å²) in [6, 6.07) is 10.6. The van der Waals surface area contributed by atoms with Crippen molar-refractivity contribution in [2.75, 3.05) is 13.1 Å². The van der Waals surface area contributed by atoms with Crippen LogP contribution in [0.2, 0.25) is 0 Å². The highest BCUT2D eigenvalue weighted by Gasteiger charge is 2.12. The molecule has 1 fully saturated rings. The second kappa shape index (κ2) is 7.07. The molecule has 1 aromatic carbocycles. The average Bonchev–Trinajstić information content (AvgIpc) is 3.18. The largest absolute Gasteiger partial charge is 0.347 e. The standard InChI is InChI=1S/C18H22N2OS/c1-14-8-11-22-17(14)18(21)19-12-15-4-6-16(7-5-15)13-20-9-2-3-10-20/h4-8,11H,2-3,9-10,12-13H2,1H3,(H,19,21). The lowest BCUT2D eigenvalue weighted by molar-refractivity contribution is 0.0954. The van der Waals surface area contributed by atoms with Crippen molar-refractivity contribution >= 4 is 17.2 Å². The van der Waals surface area contributed by atoms with Crippen molar-refractivity contribution in [3.05, 3.63) is 57.3 Å². The number of amides is 1. The van der Waals surface area contributed by atoms with Crippen LogP contribution in [-0.2, 0) is 13.1 Å². The number of carbonyl (C=O) groups excluding carboxylic acids is 1. The zero-order valence-electron chi connectivity index (χ0n) is 13.0. The number of nitrogens with one attached hydrogen (secondary N) is 1. The van der Waals surface area contributed by atoms with Gasteiger partial charge in [0.1, 0.15) is 0 Å². The van der Waals surface area contributed by atoms with Gasteiger partial charge in [-0.2, -0.15) is 0 Å². The number of hydrogen-bond acceptors (Lipinski definition) is 3. The monoisotopic (exact) mass is 314 g/mol. The third kappa shape index (κ3) is 3.76. The molecular weight excluding hydrogens is 292 g/mol. The first kappa shape index (κ1) is 15.3. The molecule has 1 aliphatic heterocycles. The van der Waals surface area contributed by atoms with Crippen LogP contribution in [0, 0.1) is 6.92 Å². The molecule has 1 N–H and O–H groups in total. The summed E-state index contributed by atoms with van der Waals surface area (Å²) in [7, 11) is 0. The van der Waals surface area contributed by atoms with Crippen molar-refractivity contribution in [1.82, 2.24) is 10.2 Å². The molecule has 3 rings (SSSR count). The molecule has 2 aromatic rings. The molecule has 0 unspecified atom stereocenters. The Bertz CT molecular complexity index is 627. The minimum Gasteiger partial charge on any atom is -0.347 e. The Morgan fingerprint density at radius 2 is 1.82 bits per heavy atom. The molecule has 1 aliphatic rings. The molecule has 2 heterocycles. The predicted octanol–water partition coefficient (Wildman–Crippen LogP) is 3.58. The van der Waals surface area contributed by atoms with Gasteiger partial charge in [0.2, 0.25) is 0 Å². The maximum Gasteiger partial charge on any atom is 0.261 e. The molecule has 22 heavy (non-hydrogen) atoms. The third-order valence-electron chi connectivity index (χ3n) is 4.15. The van der Waals surface area contributed by atoms with Crippen LogP contribution < -0.4 is 5.32 Å². The number of nitrogens with zero attached hydrogens (tertiary/aromatic N) is 1. The molecule has 0 aliphatic carbocycles. The van der Waals surface area contributed by atoms with Gasteiger partial charge in [-0.15, -0.1) is 11.3 Å². The van der Waals surface area contributed by atoms with Crippen LogP contribution in [0.3, 0.4) is 0 Å². The van der Waals surface area contributed by atoms with Gasteiger partial charge in [-0.25, -0.2) is 0 Å². The zero-order valence-corrected chi connectivity index (χ0v) is 13.8. The van der Waals surface area contributed by atoms with E-state index in [1.54, 1.807) is 0 Å². The Morgan fingerprint density at radius 3 is 2.45 bits per heavy atom. The minimum absolute atomic E-state index is 0.0219. The van der Waals surface area contributed by atoms with Crippen molar-refractivity contribution in [2.24, 2.45) is 0 Å². The lowest BCUT2D eigenvalue weighted by Crippen LogP contribution is -2.22. The summed E-state index contributed by atoms with van der Waals surface area (Å²) in [5.41, 5.74) is 3.54. The number of rotatable bonds is 5. The van der Waals surface area contributed by atoms with E-state index in [2.05, 4.69) is 34.5 Å². The molecule has 0 saturated carbocycles. The average molecular weight is 314 g/mol. The van der Waals surface area contributed by atoms with Crippen molar-refractivity contribution in [1.29, 1.82) is 0 Å². The number of likely N-dealkylation sites (tertiary alicyclic amines) is 1. The van der Waals surface area contributed by atoms with Crippen LogP contribution in [0.1, 0.15) is 39.2 Å². The number of benzene rings is 1. The summed E-state index contributed by atoms with van der Waals surface area (Å²) < 4.78 is 0. The van der Waals surface area contributed by atoms with Crippen molar-refractivity contribution in [3.63, 3.8) is 0 Å². The van der Waals surface area contributed by atoms with E-state index in [0.717, 1.165) is 22.5 Å². The van der Waals surface area contributed by atoms with Gasteiger partial charge in [-0.3, -0.25) is 9.69 Å². The van der Waals surface area contributed by atoms with Gasteiger partial charge in [0.05, 0.1) is 4.88 Å². The van der Waals surface area contributed by atoms with Gasteiger partial charge in [0.25, 0.3) is 5.91 Å². The fraction of sp³-hybridized carbons (Fsp3) is 0.389. The highest BCUT2D eigenvalue weighted by atomic mass is 32.1. The van der Waals surface area contributed by atoms with E-state index in [4.69, 9.17) is 0 Å². The van der Waals surface area contributed by atoms with Gasteiger partial charge >= 0.3 is 0 Å². The molecule has 4 heteroatoms. The summed E-state index contributed by atoms with van der Waals surface area (Å²) in [5.74, 6) is 0.0219. The summed E-state index contributed by atoms with van der Waals surface area (Å²) in [6.45, 7) is 6.04. The van der Waals surface area contributed by atoms with Crippen LogP contribution in [-0.4, -0.2) is 23.9 Å². The van der Waals surface area contributed by atoms with E-state index >= 15 is 0 Å². The zero-order chi connectivity index (χ0) is 15.4. The minimum atomic E-state index is 0.0219. The molecule has 116 valence electrons. The molecule has 1 aromatic heterocycles. The van der Waals surface area contributed by atoms with Crippen molar-refractivity contribution in [3.8, 4) is 0 Å². The predicted molar refractivity (Wildman–Crippen MR) is 91.2 cm³/mol. The maximum atomic E-state index is 12.1. The molecule has 0 spiro atoms. The quantitative estimate of drug-likeness (QED) is 0.915. The summed E-state index contributed by atoms with van der Waals surface area (Å²) in [4.78, 5) is 15.4. The summed E-state index contributed by atoms with van der Waals surface area (Å²) >= 11 is 1.50. The lowest BCUT2D eigenvalue weighted by Gasteiger charge is -2.14. The van der Waals surface area contributed by atoms with E-state index in [0.29, 0.717) is 6.54 Å². The number of aryl methyl sites for hydroxylation is 1. The second-order valence-corrected chi connectivity index (χ2v) is 6.83. The van der Waals surface area contributed by atoms with Crippen molar-refractivity contribution in [2.45, 2.75) is 32.9 Å². The maximum absolute atomic E-state index is 12.1. The molecule has 0 atom stereocenters. The van der Waals surface area contributed by atoms with Gasteiger partial charge in [-0.05, 0) is 61.0 Å². The number of thiophene rings is 1. The summed E-state index contributed by atoms with van der Waals surface area (Å²) in [5, 5.41) is 4.95. The Morgan fingerprint density at radius 1 is 1.14 bits per heavy atom. The number of carbonyl (C=O) groups is 1. The van der Waals surface area contributed by atoms with Crippen LogP contribution >= 0.6 is 11.3 Å². The Balaban J connectivity index is 1.52. The smallest absolute Gasteiger partial charge is 0.261 e. The molecule has 1 amide bonds. The van der Waals surface area contributed by atoms with E-state index in [9.17, 15) is 4.79 Å². The first-order valence-corrected chi connectivity index (χ1v) is 8.73. The molecular formula is C18H22N2OS. The van der Waals surface area contributed by atoms with E-state index in [1.807, 2.05) is 18.4 Å².